The first kappa shape index (κ1) is 22.1. The van der Waals surface area contributed by atoms with Crippen LogP contribution < -0.4 is 9.47 Å². The van der Waals surface area contributed by atoms with Crippen LogP contribution in [0.15, 0.2) is 24.3 Å². The van der Waals surface area contributed by atoms with Crippen molar-refractivity contribution in [2.24, 2.45) is 0 Å². The highest BCUT2D eigenvalue weighted by molar-refractivity contribution is 6.07. The van der Waals surface area contributed by atoms with Gasteiger partial charge in [0, 0.05) is 5.56 Å². The number of nitrogens with zero attached hydrogens (tertiary/aromatic N) is 2. The van der Waals surface area contributed by atoms with E-state index in [1.54, 1.807) is 31.2 Å². The van der Waals surface area contributed by atoms with Crippen LogP contribution in [-0.2, 0) is 9.53 Å². The summed E-state index contributed by atoms with van der Waals surface area (Å²) >= 11 is 0. The Hall–Kier alpha value is -3.22. The number of benzene rings is 1. The third kappa shape index (κ3) is 5.40. The number of hydrogen-bond donors (Lipinski definition) is 0. The normalized spacial score (nSPS) is 11.9. The fourth-order valence-corrected chi connectivity index (χ4v) is 2.65. The largest absolute Gasteiger partial charge is 0.493 e. The molecule has 2 rings (SSSR count). The van der Waals surface area contributed by atoms with Gasteiger partial charge in [-0.25, -0.2) is 9.78 Å². The SMILES string of the molecule is CCC(Oc1cc(C(=O)/C=C/c2nc(C)c(C)nc2C)ccc1OC)C(=O)OC. The van der Waals surface area contributed by atoms with Crippen molar-refractivity contribution in [3.8, 4) is 11.5 Å². The number of hydrogen-bond acceptors (Lipinski definition) is 7. The lowest BCUT2D eigenvalue weighted by Crippen LogP contribution is -2.27. The second kappa shape index (κ2) is 9.82. The van der Waals surface area contributed by atoms with Gasteiger partial charge in [-0.05, 0) is 57.5 Å². The first-order valence-electron chi connectivity index (χ1n) is 9.27. The molecule has 0 radical (unpaired) electrons. The minimum atomic E-state index is -0.789. The molecule has 0 saturated carbocycles. The van der Waals surface area contributed by atoms with Crippen molar-refractivity contribution in [3.05, 3.63) is 52.6 Å². The van der Waals surface area contributed by atoms with E-state index in [0.29, 0.717) is 29.2 Å². The molecule has 154 valence electrons. The van der Waals surface area contributed by atoms with E-state index in [9.17, 15) is 9.59 Å². The van der Waals surface area contributed by atoms with E-state index in [2.05, 4.69) is 9.97 Å². The van der Waals surface area contributed by atoms with Gasteiger partial charge in [-0.3, -0.25) is 9.78 Å². The number of ketones is 1. The number of allylic oxidation sites excluding steroid dienone is 1. The number of rotatable bonds is 8. The molecule has 29 heavy (non-hydrogen) atoms. The maximum atomic E-state index is 12.7. The maximum absolute atomic E-state index is 12.7. The molecule has 0 amide bonds. The minimum Gasteiger partial charge on any atom is -0.493 e. The van der Waals surface area contributed by atoms with Crippen molar-refractivity contribution in [1.82, 2.24) is 9.97 Å². The fraction of sp³-hybridized carbons (Fsp3) is 0.364. The van der Waals surface area contributed by atoms with Gasteiger partial charge in [0.2, 0.25) is 0 Å². The predicted octanol–water partition coefficient (Wildman–Crippen LogP) is 3.64. The molecule has 2 aromatic rings. The van der Waals surface area contributed by atoms with Crippen molar-refractivity contribution < 1.29 is 23.8 Å². The van der Waals surface area contributed by atoms with Gasteiger partial charge in [0.15, 0.2) is 23.4 Å². The van der Waals surface area contributed by atoms with E-state index in [1.807, 2.05) is 20.8 Å². The van der Waals surface area contributed by atoms with Gasteiger partial charge in [0.25, 0.3) is 0 Å². The zero-order valence-corrected chi connectivity index (χ0v) is 17.6. The molecule has 0 aliphatic rings. The second-order valence-corrected chi connectivity index (χ2v) is 6.47. The molecule has 0 spiro atoms. The number of ether oxygens (including phenoxy) is 3. The summed E-state index contributed by atoms with van der Waals surface area (Å²) in [4.78, 5) is 33.4. The molecule has 0 aliphatic heterocycles. The predicted molar refractivity (Wildman–Crippen MR) is 109 cm³/mol. The van der Waals surface area contributed by atoms with Gasteiger partial charge < -0.3 is 14.2 Å². The van der Waals surface area contributed by atoms with Crippen molar-refractivity contribution in [2.45, 2.75) is 40.2 Å². The Morgan fingerprint density at radius 3 is 2.34 bits per heavy atom. The van der Waals surface area contributed by atoms with Crippen LogP contribution in [0.2, 0.25) is 0 Å². The molecule has 1 aromatic carbocycles. The number of carbonyl (C=O) groups excluding carboxylic acids is 2. The van der Waals surface area contributed by atoms with Crippen LogP contribution in [0, 0.1) is 20.8 Å². The molecule has 0 aliphatic carbocycles. The summed E-state index contributed by atoms with van der Waals surface area (Å²) in [5, 5.41) is 0. The number of aryl methyl sites for hydroxylation is 3. The van der Waals surface area contributed by atoms with Gasteiger partial charge >= 0.3 is 5.97 Å². The van der Waals surface area contributed by atoms with Crippen LogP contribution in [0.1, 0.15) is 46.5 Å². The zero-order valence-electron chi connectivity index (χ0n) is 17.6. The molecule has 0 N–H and O–H groups in total. The smallest absolute Gasteiger partial charge is 0.347 e. The number of aromatic nitrogens is 2. The fourth-order valence-electron chi connectivity index (χ4n) is 2.65. The zero-order chi connectivity index (χ0) is 21.6. The molecule has 1 aromatic heterocycles. The lowest BCUT2D eigenvalue weighted by atomic mass is 10.1. The second-order valence-electron chi connectivity index (χ2n) is 6.47. The average molecular weight is 398 g/mol. The summed E-state index contributed by atoms with van der Waals surface area (Å²) in [6.45, 7) is 7.42. The third-order valence-corrected chi connectivity index (χ3v) is 4.46. The summed E-state index contributed by atoms with van der Waals surface area (Å²) < 4.78 is 15.8. The van der Waals surface area contributed by atoms with Crippen molar-refractivity contribution in [1.29, 1.82) is 0 Å². The molecule has 7 nitrogen and oxygen atoms in total. The first-order valence-corrected chi connectivity index (χ1v) is 9.27. The highest BCUT2D eigenvalue weighted by Gasteiger charge is 2.21. The number of esters is 1. The average Bonchev–Trinajstić information content (AvgIpc) is 2.72. The van der Waals surface area contributed by atoms with E-state index in [1.165, 1.54) is 20.3 Å². The molecule has 1 unspecified atom stereocenters. The third-order valence-electron chi connectivity index (χ3n) is 4.46. The van der Waals surface area contributed by atoms with E-state index in [-0.39, 0.29) is 5.78 Å². The van der Waals surface area contributed by atoms with E-state index in [0.717, 1.165) is 17.1 Å². The standard InChI is InChI=1S/C22H26N2O5/c1-7-19(22(26)28-6)29-21-12-16(8-11-20(21)27-5)18(25)10-9-17-15(4)23-13(2)14(3)24-17/h8-12,19H,7H2,1-6H3/b10-9+. The van der Waals surface area contributed by atoms with E-state index >= 15 is 0 Å². The van der Waals surface area contributed by atoms with Crippen LogP contribution in [0.25, 0.3) is 6.08 Å². The Morgan fingerprint density at radius 2 is 1.72 bits per heavy atom. The summed E-state index contributed by atoms with van der Waals surface area (Å²) in [7, 11) is 2.79. The summed E-state index contributed by atoms with van der Waals surface area (Å²) in [5.74, 6) is -0.00655. The summed E-state index contributed by atoms with van der Waals surface area (Å²) in [5.41, 5.74) is 3.46. The minimum absolute atomic E-state index is 0.233. The van der Waals surface area contributed by atoms with Crippen LogP contribution in [-0.4, -0.2) is 42.0 Å². The highest BCUT2D eigenvalue weighted by Crippen LogP contribution is 2.30. The molecular weight excluding hydrogens is 372 g/mol. The summed E-state index contributed by atoms with van der Waals surface area (Å²) in [6.07, 6.45) is 2.71. The Bertz CT molecular complexity index is 937. The number of methoxy groups -OCH3 is 2. The van der Waals surface area contributed by atoms with Gasteiger partial charge in [-0.1, -0.05) is 6.92 Å². The lowest BCUT2D eigenvalue weighted by molar-refractivity contribution is -0.148. The van der Waals surface area contributed by atoms with Crippen LogP contribution >= 0.6 is 0 Å². The number of carbonyl (C=O) groups is 2. The summed E-state index contributed by atoms with van der Waals surface area (Å²) in [6, 6.07) is 4.81. The van der Waals surface area contributed by atoms with Gasteiger partial charge in [-0.2, -0.15) is 0 Å². The Balaban J connectivity index is 2.29. The monoisotopic (exact) mass is 398 g/mol. The van der Waals surface area contributed by atoms with Crippen molar-refractivity contribution >= 4 is 17.8 Å². The Labute approximate surface area is 170 Å². The van der Waals surface area contributed by atoms with Crippen molar-refractivity contribution in [3.63, 3.8) is 0 Å². The molecule has 1 atom stereocenters. The van der Waals surface area contributed by atoms with Gasteiger partial charge in [0.1, 0.15) is 0 Å². The van der Waals surface area contributed by atoms with Gasteiger partial charge in [0.05, 0.1) is 37.0 Å². The van der Waals surface area contributed by atoms with E-state index in [4.69, 9.17) is 14.2 Å². The maximum Gasteiger partial charge on any atom is 0.347 e. The van der Waals surface area contributed by atoms with Crippen LogP contribution in [0.5, 0.6) is 11.5 Å². The molecule has 1 heterocycles. The van der Waals surface area contributed by atoms with Gasteiger partial charge in [-0.15, -0.1) is 0 Å². The lowest BCUT2D eigenvalue weighted by Gasteiger charge is -2.17. The molecule has 0 saturated heterocycles. The van der Waals surface area contributed by atoms with Crippen LogP contribution in [0.4, 0.5) is 0 Å². The molecule has 7 heteroatoms. The molecular formula is C22H26N2O5. The quantitative estimate of drug-likeness (QED) is 0.381. The van der Waals surface area contributed by atoms with E-state index < -0.39 is 12.1 Å². The Morgan fingerprint density at radius 1 is 1.03 bits per heavy atom. The highest BCUT2D eigenvalue weighted by atomic mass is 16.6. The first-order chi connectivity index (χ1) is 13.8. The molecule has 0 fully saturated rings. The van der Waals surface area contributed by atoms with Crippen LogP contribution in [0.3, 0.4) is 0 Å². The van der Waals surface area contributed by atoms with Crippen molar-refractivity contribution in [2.75, 3.05) is 14.2 Å². The topological polar surface area (TPSA) is 87.6 Å². The molecule has 0 bridgehead atoms. The Kier molecular flexibility index (Phi) is 7.47.